The van der Waals surface area contributed by atoms with E-state index < -0.39 is 10.9 Å². The first kappa shape index (κ1) is 23.3. The van der Waals surface area contributed by atoms with E-state index >= 15 is 0 Å². The lowest BCUT2D eigenvalue weighted by Gasteiger charge is -2.14. The summed E-state index contributed by atoms with van der Waals surface area (Å²) in [4.78, 5) is 27.0. The summed E-state index contributed by atoms with van der Waals surface area (Å²) in [6.45, 7) is 8.08. The number of nitro benzene ring substituents is 1. The molecule has 0 fully saturated rings. The van der Waals surface area contributed by atoms with Gasteiger partial charge in [-0.3, -0.25) is 10.1 Å². The molecule has 1 heterocycles. The van der Waals surface area contributed by atoms with Crippen molar-refractivity contribution in [2.45, 2.75) is 13.8 Å². The van der Waals surface area contributed by atoms with E-state index in [2.05, 4.69) is 11.6 Å². The number of benzene rings is 2. The highest BCUT2D eigenvalue weighted by molar-refractivity contribution is 6.33. The van der Waals surface area contributed by atoms with Crippen LogP contribution < -0.4 is 9.47 Å². The summed E-state index contributed by atoms with van der Waals surface area (Å²) in [6, 6.07) is 7.26. The van der Waals surface area contributed by atoms with Crippen molar-refractivity contribution in [3.8, 4) is 11.5 Å². The third-order valence-corrected chi connectivity index (χ3v) is 4.71. The molecule has 0 saturated heterocycles. The minimum atomic E-state index is -0.714. The Morgan fingerprint density at radius 3 is 2.66 bits per heavy atom. The van der Waals surface area contributed by atoms with Crippen molar-refractivity contribution < 1.29 is 23.9 Å². The summed E-state index contributed by atoms with van der Waals surface area (Å²) in [5, 5.41) is 11.4. The quantitative estimate of drug-likeness (QED) is 0.161. The van der Waals surface area contributed by atoms with Crippen LogP contribution in [0.2, 0.25) is 10.0 Å². The number of aliphatic imine (C=N–C) groups is 1. The zero-order valence-electron chi connectivity index (χ0n) is 17.2. The Kier molecular flexibility index (Phi) is 7.17. The fourth-order valence-electron chi connectivity index (χ4n) is 2.75. The van der Waals surface area contributed by atoms with Gasteiger partial charge in [0.2, 0.25) is 5.90 Å². The number of carbonyl (C=O) groups is 1. The Balaban J connectivity index is 1.96. The largest absolute Gasteiger partial charge is 0.490 e. The van der Waals surface area contributed by atoms with Crippen LogP contribution in [0.5, 0.6) is 11.5 Å². The molecule has 8 nitrogen and oxygen atoms in total. The zero-order valence-corrected chi connectivity index (χ0v) is 18.7. The molecule has 2 aromatic rings. The highest BCUT2D eigenvalue weighted by Gasteiger charge is 2.26. The molecule has 32 heavy (non-hydrogen) atoms. The number of hydrogen-bond donors (Lipinski definition) is 0. The minimum absolute atomic E-state index is 0.00766. The van der Waals surface area contributed by atoms with Crippen molar-refractivity contribution in [1.29, 1.82) is 0 Å². The first-order valence-corrected chi connectivity index (χ1v) is 10.2. The Hall–Kier alpha value is -3.36. The van der Waals surface area contributed by atoms with Crippen molar-refractivity contribution in [2.24, 2.45) is 4.99 Å². The van der Waals surface area contributed by atoms with Crippen LogP contribution in [0.15, 0.2) is 53.2 Å². The highest BCUT2D eigenvalue weighted by Crippen LogP contribution is 2.38. The van der Waals surface area contributed by atoms with Crippen molar-refractivity contribution in [3.63, 3.8) is 0 Å². The average molecular weight is 477 g/mol. The van der Waals surface area contributed by atoms with E-state index in [4.69, 9.17) is 37.4 Å². The first-order chi connectivity index (χ1) is 15.2. The molecule has 166 valence electrons. The standard InChI is InChI=1S/C22H18Cl2N2O6/c1-4-30-19-9-13(7-16(24)20(19)31-11-12(2)3)8-17-22(27)32-21(25-17)14-5-6-15(23)18(10-14)26(28)29/h5-10H,2,4,11H2,1,3H3/b17-8-. The Labute approximate surface area is 193 Å². The Morgan fingerprint density at radius 1 is 1.25 bits per heavy atom. The number of hydrogen-bond acceptors (Lipinski definition) is 7. The molecular weight excluding hydrogens is 459 g/mol. The second kappa shape index (κ2) is 9.84. The van der Waals surface area contributed by atoms with Crippen LogP contribution in [0, 0.1) is 10.1 Å². The maximum absolute atomic E-state index is 12.3. The fourth-order valence-corrected chi connectivity index (χ4v) is 3.21. The number of nitrogens with zero attached hydrogens (tertiary/aromatic N) is 2. The molecule has 3 rings (SSSR count). The number of rotatable bonds is 8. The van der Waals surface area contributed by atoms with Crippen molar-refractivity contribution in [1.82, 2.24) is 0 Å². The second-order valence-corrected chi connectivity index (χ2v) is 7.58. The summed E-state index contributed by atoms with van der Waals surface area (Å²) in [6.07, 6.45) is 1.47. The molecule has 0 radical (unpaired) electrons. The van der Waals surface area contributed by atoms with Crippen molar-refractivity contribution in [3.05, 3.63) is 79.5 Å². The van der Waals surface area contributed by atoms with Crippen LogP contribution in [-0.2, 0) is 9.53 Å². The molecule has 0 bridgehead atoms. The summed E-state index contributed by atoms with van der Waals surface area (Å²) in [7, 11) is 0. The van der Waals surface area contributed by atoms with E-state index in [1.165, 1.54) is 24.3 Å². The Bertz CT molecular complexity index is 1170. The van der Waals surface area contributed by atoms with E-state index in [1.54, 1.807) is 12.1 Å². The van der Waals surface area contributed by atoms with E-state index in [-0.39, 0.29) is 39.5 Å². The molecule has 0 spiro atoms. The highest BCUT2D eigenvalue weighted by atomic mass is 35.5. The second-order valence-electron chi connectivity index (χ2n) is 6.77. The number of nitro groups is 1. The lowest BCUT2D eigenvalue weighted by atomic mass is 10.1. The van der Waals surface area contributed by atoms with Gasteiger partial charge in [0, 0.05) is 11.6 Å². The van der Waals surface area contributed by atoms with Gasteiger partial charge in [-0.25, -0.2) is 9.79 Å². The van der Waals surface area contributed by atoms with Gasteiger partial charge in [-0.1, -0.05) is 29.8 Å². The first-order valence-electron chi connectivity index (χ1n) is 9.40. The summed E-state index contributed by atoms with van der Waals surface area (Å²) < 4.78 is 16.5. The summed E-state index contributed by atoms with van der Waals surface area (Å²) >= 11 is 12.2. The summed E-state index contributed by atoms with van der Waals surface area (Å²) in [5.74, 6) is -0.0184. The number of cyclic esters (lactones) is 1. The molecule has 1 aliphatic heterocycles. The normalized spacial score (nSPS) is 14.2. The summed E-state index contributed by atoms with van der Waals surface area (Å²) in [5.41, 5.74) is 1.26. The molecule has 0 atom stereocenters. The topological polar surface area (TPSA) is 100 Å². The van der Waals surface area contributed by atoms with Gasteiger partial charge in [-0.05, 0) is 55.3 Å². The van der Waals surface area contributed by atoms with Crippen LogP contribution in [0.3, 0.4) is 0 Å². The van der Waals surface area contributed by atoms with E-state index in [0.717, 1.165) is 5.57 Å². The SMILES string of the molecule is C=C(C)COc1c(Cl)cc(/C=C2\N=C(c3ccc(Cl)c([N+](=O)[O-])c3)OC2=O)cc1OCC. The monoisotopic (exact) mass is 476 g/mol. The third-order valence-electron chi connectivity index (χ3n) is 4.11. The number of esters is 1. The van der Waals surface area contributed by atoms with Crippen LogP contribution in [0.4, 0.5) is 5.69 Å². The molecular formula is C22H18Cl2N2O6. The van der Waals surface area contributed by atoms with Crippen LogP contribution >= 0.6 is 23.2 Å². The molecule has 2 aromatic carbocycles. The number of halogens is 2. The van der Waals surface area contributed by atoms with Crippen LogP contribution in [0.1, 0.15) is 25.0 Å². The van der Waals surface area contributed by atoms with E-state index in [1.807, 2.05) is 13.8 Å². The lowest BCUT2D eigenvalue weighted by Crippen LogP contribution is -2.06. The van der Waals surface area contributed by atoms with Gasteiger partial charge in [0.25, 0.3) is 5.69 Å². The fraction of sp³-hybridized carbons (Fsp3) is 0.182. The smallest absolute Gasteiger partial charge is 0.363 e. The zero-order chi connectivity index (χ0) is 23.4. The maximum Gasteiger partial charge on any atom is 0.363 e. The molecule has 0 aromatic heterocycles. The number of ether oxygens (including phenoxy) is 3. The van der Waals surface area contributed by atoms with Gasteiger partial charge in [-0.2, -0.15) is 0 Å². The van der Waals surface area contributed by atoms with E-state index in [9.17, 15) is 14.9 Å². The van der Waals surface area contributed by atoms with Gasteiger partial charge in [0.05, 0.1) is 16.6 Å². The average Bonchev–Trinajstić information content (AvgIpc) is 3.07. The molecule has 1 aliphatic rings. The lowest BCUT2D eigenvalue weighted by molar-refractivity contribution is -0.384. The number of carbonyl (C=O) groups excluding carboxylic acids is 1. The molecule has 0 saturated carbocycles. The molecule has 0 unspecified atom stereocenters. The van der Waals surface area contributed by atoms with Gasteiger partial charge in [-0.15, -0.1) is 0 Å². The predicted molar refractivity (Wildman–Crippen MR) is 122 cm³/mol. The molecule has 10 heteroatoms. The molecule has 0 amide bonds. The van der Waals surface area contributed by atoms with Gasteiger partial charge >= 0.3 is 5.97 Å². The maximum atomic E-state index is 12.3. The van der Waals surface area contributed by atoms with Gasteiger partial charge in [0.1, 0.15) is 11.6 Å². The van der Waals surface area contributed by atoms with Crippen molar-refractivity contribution in [2.75, 3.05) is 13.2 Å². The minimum Gasteiger partial charge on any atom is -0.490 e. The van der Waals surface area contributed by atoms with Gasteiger partial charge < -0.3 is 14.2 Å². The van der Waals surface area contributed by atoms with Crippen LogP contribution in [-0.4, -0.2) is 30.0 Å². The molecule has 0 N–H and O–H groups in total. The predicted octanol–water partition coefficient (Wildman–Crippen LogP) is 5.60. The van der Waals surface area contributed by atoms with Gasteiger partial charge in [0.15, 0.2) is 17.2 Å². The van der Waals surface area contributed by atoms with Crippen LogP contribution in [0.25, 0.3) is 6.08 Å². The van der Waals surface area contributed by atoms with E-state index in [0.29, 0.717) is 23.7 Å². The van der Waals surface area contributed by atoms with Crippen molar-refractivity contribution >= 4 is 46.8 Å². The Morgan fingerprint density at radius 2 is 2.00 bits per heavy atom. The molecule has 0 aliphatic carbocycles. The third kappa shape index (κ3) is 5.27.